The largest absolute Gasteiger partial charge is 0.496 e. The molecule has 1 aromatic carbocycles. The smallest absolute Gasteiger partial charge is 0.122 e. The summed E-state index contributed by atoms with van der Waals surface area (Å²) in [4.78, 5) is 2.60. The summed E-state index contributed by atoms with van der Waals surface area (Å²) in [6, 6.07) is 6.37. The Morgan fingerprint density at radius 1 is 1.28 bits per heavy atom. The van der Waals surface area contributed by atoms with Gasteiger partial charge in [0, 0.05) is 6.54 Å². The second kappa shape index (κ2) is 6.24. The number of ether oxygens (including phenoxy) is 1. The lowest BCUT2D eigenvalue weighted by atomic mass is 9.98. The number of methoxy groups -OCH3 is 1. The Balaban J connectivity index is 1.90. The zero-order valence-electron chi connectivity index (χ0n) is 11.9. The maximum atomic E-state index is 5.38. The first-order valence-electron chi connectivity index (χ1n) is 7.05. The quantitative estimate of drug-likeness (QED) is 0.809. The molecule has 0 radical (unpaired) electrons. The highest BCUT2D eigenvalue weighted by molar-refractivity contribution is 5.39. The van der Waals surface area contributed by atoms with Crippen molar-refractivity contribution in [2.75, 3.05) is 26.7 Å². The number of piperidine rings is 1. The molecular formula is C16H25NO. The van der Waals surface area contributed by atoms with Crippen LogP contribution in [0.25, 0.3) is 0 Å². The first kappa shape index (κ1) is 13.4. The molecule has 0 N–H and O–H groups in total. The third-order valence-corrected chi connectivity index (χ3v) is 4.19. The van der Waals surface area contributed by atoms with E-state index >= 15 is 0 Å². The molecule has 0 saturated carbocycles. The zero-order chi connectivity index (χ0) is 13.0. The molecule has 0 unspecified atom stereocenters. The number of likely N-dealkylation sites (tertiary alicyclic amines) is 1. The Morgan fingerprint density at radius 2 is 2.00 bits per heavy atom. The third-order valence-electron chi connectivity index (χ3n) is 4.19. The first-order chi connectivity index (χ1) is 8.70. The van der Waals surface area contributed by atoms with Crippen LogP contribution in [0, 0.1) is 12.8 Å². The van der Waals surface area contributed by atoms with Crippen molar-refractivity contribution < 1.29 is 4.74 Å². The van der Waals surface area contributed by atoms with Gasteiger partial charge in [0.2, 0.25) is 0 Å². The second-order valence-corrected chi connectivity index (χ2v) is 5.52. The lowest BCUT2D eigenvalue weighted by Crippen LogP contribution is -2.34. The molecule has 1 heterocycles. The summed E-state index contributed by atoms with van der Waals surface area (Å²) < 4.78 is 5.38. The summed E-state index contributed by atoms with van der Waals surface area (Å²) in [5, 5.41) is 0. The highest BCUT2D eigenvalue weighted by atomic mass is 16.5. The molecule has 0 spiro atoms. The van der Waals surface area contributed by atoms with Crippen molar-refractivity contribution in [2.45, 2.75) is 33.1 Å². The van der Waals surface area contributed by atoms with Gasteiger partial charge in [-0.1, -0.05) is 19.1 Å². The van der Waals surface area contributed by atoms with Crippen LogP contribution in [0.1, 0.15) is 30.9 Å². The minimum atomic E-state index is 0.916. The standard InChI is InChI=1S/C16H25NO/c1-13-7-10-17(11-8-13)12-9-15-5-4-6-16(18-3)14(15)2/h4-6,13H,7-12H2,1-3H3. The summed E-state index contributed by atoms with van der Waals surface area (Å²) in [5.41, 5.74) is 2.72. The predicted octanol–water partition coefficient (Wildman–Crippen LogP) is 3.28. The molecule has 1 fully saturated rings. The third kappa shape index (κ3) is 3.26. The molecule has 0 amide bonds. The predicted molar refractivity (Wildman–Crippen MR) is 76.3 cm³/mol. The second-order valence-electron chi connectivity index (χ2n) is 5.52. The SMILES string of the molecule is COc1cccc(CCN2CCC(C)CC2)c1C. The van der Waals surface area contributed by atoms with Crippen LogP contribution in [-0.4, -0.2) is 31.6 Å². The van der Waals surface area contributed by atoms with Crippen LogP contribution in [0.4, 0.5) is 0 Å². The number of hydrogen-bond acceptors (Lipinski definition) is 2. The van der Waals surface area contributed by atoms with Crippen LogP contribution in [0.5, 0.6) is 5.75 Å². The fraction of sp³-hybridized carbons (Fsp3) is 0.625. The Bertz CT molecular complexity index is 381. The van der Waals surface area contributed by atoms with Crippen LogP contribution in [-0.2, 0) is 6.42 Å². The van der Waals surface area contributed by atoms with E-state index in [1.807, 2.05) is 6.07 Å². The van der Waals surface area contributed by atoms with E-state index in [2.05, 4.69) is 30.9 Å². The van der Waals surface area contributed by atoms with E-state index < -0.39 is 0 Å². The van der Waals surface area contributed by atoms with Crippen molar-refractivity contribution in [3.8, 4) is 5.75 Å². The van der Waals surface area contributed by atoms with Gasteiger partial charge in [-0.05, 0) is 62.4 Å². The number of nitrogens with zero attached hydrogens (tertiary/aromatic N) is 1. The van der Waals surface area contributed by atoms with Crippen molar-refractivity contribution in [3.05, 3.63) is 29.3 Å². The number of benzene rings is 1. The maximum absolute atomic E-state index is 5.38. The minimum Gasteiger partial charge on any atom is -0.496 e. The monoisotopic (exact) mass is 247 g/mol. The van der Waals surface area contributed by atoms with Crippen LogP contribution in [0.15, 0.2) is 18.2 Å². The lowest BCUT2D eigenvalue weighted by molar-refractivity contribution is 0.194. The zero-order valence-corrected chi connectivity index (χ0v) is 11.9. The highest BCUT2D eigenvalue weighted by Crippen LogP contribution is 2.22. The molecule has 18 heavy (non-hydrogen) atoms. The normalized spacial score (nSPS) is 17.9. The molecule has 2 heteroatoms. The van der Waals surface area contributed by atoms with Crippen LogP contribution in [0.2, 0.25) is 0 Å². The van der Waals surface area contributed by atoms with Gasteiger partial charge >= 0.3 is 0 Å². The maximum Gasteiger partial charge on any atom is 0.122 e. The van der Waals surface area contributed by atoms with E-state index in [0.29, 0.717) is 0 Å². The number of hydrogen-bond donors (Lipinski definition) is 0. The van der Waals surface area contributed by atoms with E-state index in [-0.39, 0.29) is 0 Å². The van der Waals surface area contributed by atoms with E-state index in [1.165, 1.54) is 43.6 Å². The molecular weight excluding hydrogens is 222 g/mol. The van der Waals surface area contributed by atoms with Gasteiger partial charge in [-0.2, -0.15) is 0 Å². The van der Waals surface area contributed by atoms with Gasteiger partial charge in [0.1, 0.15) is 5.75 Å². The molecule has 1 aliphatic heterocycles. The average molecular weight is 247 g/mol. The van der Waals surface area contributed by atoms with Crippen molar-refractivity contribution >= 4 is 0 Å². The van der Waals surface area contributed by atoms with Crippen LogP contribution in [0.3, 0.4) is 0 Å². The fourth-order valence-electron chi connectivity index (χ4n) is 2.72. The summed E-state index contributed by atoms with van der Waals surface area (Å²) >= 11 is 0. The summed E-state index contributed by atoms with van der Waals surface area (Å²) in [5.74, 6) is 1.93. The Hall–Kier alpha value is -1.02. The summed E-state index contributed by atoms with van der Waals surface area (Å²) in [6.07, 6.45) is 3.85. The molecule has 0 atom stereocenters. The topological polar surface area (TPSA) is 12.5 Å². The molecule has 0 aliphatic carbocycles. The Kier molecular flexibility index (Phi) is 4.65. The van der Waals surface area contributed by atoms with Gasteiger partial charge in [0.05, 0.1) is 7.11 Å². The average Bonchev–Trinajstić information content (AvgIpc) is 2.39. The summed E-state index contributed by atoms with van der Waals surface area (Å²) in [7, 11) is 1.75. The van der Waals surface area contributed by atoms with E-state index in [4.69, 9.17) is 4.74 Å². The molecule has 1 saturated heterocycles. The molecule has 1 aromatic rings. The molecule has 2 nitrogen and oxygen atoms in total. The molecule has 0 bridgehead atoms. The van der Waals surface area contributed by atoms with Gasteiger partial charge in [-0.15, -0.1) is 0 Å². The minimum absolute atomic E-state index is 0.916. The summed E-state index contributed by atoms with van der Waals surface area (Å²) in [6.45, 7) is 8.24. The highest BCUT2D eigenvalue weighted by Gasteiger charge is 2.15. The lowest BCUT2D eigenvalue weighted by Gasteiger charge is -2.30. The van der Waals surface area contributed by atoms with E-state index in [0.717, 1.165) is 18.1 Å². The Morgan fingerprint density at radius 3 is 2.67 bits per heavy atom. The van der Waals surface area contributed by atoms with Crippen LogP contribution < -0.4 is 4.74 Å². The first-order valence-corrected chi connectivity index (χ1v) is 7.05. The van der Waals surface area contributed by atoms with Gasteiger partial charge < -0.3 is 9.64 Å². The van der Waals surface area contributed by atoms with Gasteiger partial charge in [0.25, 0.3) is 0 Å². The molecule has 1 aliphatic rings. The van der Waals surface area contributed by atoms with Crippen LogP contribution >= 0.6 is 0 Å². The van der Waals surface area contributed by atoms with Crippen molar-refractivity contribution in [2.24, 2.45) is 5.92 Å². The van der Waals surface area contributed by atoms with Gasteiger partial charge in [-0.3, -0.25) is 0 Å². The van der Waals surface area contributed by atoms with Gasteiger partial charge in [0.15, 0.2) is 0 Å². The van der Waals surface area contributed by atoms with E-state index in [1.54, 1.807) is 7.11 Å². The fourth-order valence-corrected chi connectivity index (χ4v) is 2.72. The molecule has 0 aromatic heterocycles. The van der Waals surface area contributed by atoms with Crippen molar-refractivity contribution in [1.82, 2.24) is 4.90 Å². The number of rotatable bonds is 4. The van der Waals surface area contributed by atoms with E-state index in [9.17, 15) is 0 Å². The Labute approximate surface area is 111 Å². The van der Waals surface area contributed by atoms with Crippen molar-refractivity contribution in [3.63, 3.8) is 0 Å². The van der Waals surface area contributed by atoms with Gasteiger partial charge in [-0.25, -0.2) is 0 Å². The molecule has 100 valence electrons. The molecule has 2 rings (SSSR count). The van der Waals surface area contributed by atoms with Crippen molar-refractivity contribution in [1.29, 1.82) is 0 Å².